The van der Waals surface area contributed by atoms with E-state index in [-0.39, 0.29) is 6.10 Å². The first-order chi connectivity index (χ1) is 10.1. The zero-order valence-corrected chi connectivity index (χ0v) is 13.0. The molecule has 0 aliphatic rings. The Hall–Kier alpha value is -1.64. The maximum Gasteiger partial charge on any atom is 0.109 e. The summed E-state index contributed by atoms with van der Waals surface area (Å²) in [4.78, 5) is 0. The second-order valence-corrected chi connectivity index (χ2v) is 5.48. The number of hydrogen-bond acceptors (Lipinski definition) is 2. The number of benzene rings is 2. The number of rotatable bonds is 6. The van der Waals surface area contributed by atoms with Crippen molar-refractivity contribution in [2.75, 3.05) is 6.61 Å². The van der Waals surface area contributed by atoms with Gasteiger partial charge in [0.2, 0.25) is 0 Å². The Morgan fingerprint density at radius 1 is 1.00 bits per heavy atom. The van der Waals surface area contributed by atoms with Gasteiger partial charge in [-0.25, -0.2) is 0 Å². The van der Waals surface area contributed by atoms with Crippen LogP contribution in [0.5, 0.6) is 0 Å². The zero-order chi connectivity index (χ0) is 15.2. The van der Waals surface area contributed by atoms with E-state index in [1.165, 1.54) is 11.1 Å². The molecule has 112 valence electrons. The van der Waals surface area contributed by atoms with Gasteiger partial charge in [-0.2, -0.15) is 0 Å². The largest absolute Gasteiger partial charge is 0.390 e. The quantitative estimate of drug-likeness (QED) is 0.869. The van der Waals surface area contributed by atoms with Crippen LogP contribution in [-0.2, 0) is 11.2 Å². The van der Waals surface area contributed by atoms with E-state index in [1.807, 2.05) is 37.3 Å². The minimum absolute atomic E-state index is 0.280. The van der Waals surface area contributed by atoms with Crippen LogP contribution in [0.1, 0.15) is 35.3 Å². The maximum atomic E-state index is 10.6. The van der Waals surface area contributed by atoms with Crippen molar-refractivity contribution in [1.82, 2.24) is 0 Å². The van der Waals surface area contributed by atoms with E-state index in [1.54, 1.807) is 0 Å². The van der Waals surface area contributed by atoms with Crippen LogP contribution in [0.15, 0.2) is 48.5 Å². The molecule has 0 amide bonds. The van der Waals surface area contributed by atoms with Crippen LogP contribution in [-0.4, -0.2) is 17.8 Å². The summed E-state index contributed by atoms with van der Waals surface area (Å²) >= 11 is 0. The molecule has 0 aliphatic carbocycles. The number of hydrogen-bond donors (Lipinski definition) is 1. The molecule has 2 aromatic carbocycles. The smallest absolute Gasteiger partial charge is 0.109 e. The summed E-state index contributed by atoms with van der Waals surface area (Å²) in [5, 5.41) is 10.6. The number of aryl methyl sites for hydroxylation is 2. The number of aliphatic hydroxyl groups excluding tert-OH is 1. The Bertz CT molecular complexity index is 563. The van der Waals surface area contributed by atoms with Crippen molar-refractivity contribution in [1.29, 1.82) is 0 Å². The highest BCUT2D eigenvalue weighted by atomic mass is 16.5. The second kappa shape index (κ2) is 7.39. The maximum absolute atomic E-state index is 10.6. The summed E-state index contributed by atoms with van der Waals surface area (Å²) in [6, 6.07) is 16.3. The lowest BCUT2D eigenvalue weighted by Crippen LogP contribution is -2.23. The van der Waals surface area contributed by atoms with Crippen LogP contribution in [0.25, 0.3) is 0 Å². The van der Waals surface area contributed by atoms with E-state index >= 15 is 0 Å². The fourth-order valence-corrected chi connectivity index (χ4v) is 2.53. The second-order valence-electron chi connectivity index (χ2n) is 5.48. The van der Waals surface area contributed by atoms with E-state index in [0.717, 1.165) is 11.1 Å². The normalized spacial score (nSPS) is 13.9. The van der Waals surface area contributed by atoms with Crippen LogP contribution >= 0.6 is 0 Å². The zero-order valence-electron chi connectivity index (χ0n) is 13.0. The average Bonchev–Trinajstić information content (AvgIpc) is 2.49. The van der Waals surface area contributed by atoms with Gasteiger partial charge in [0.05, 0.1) is 6.10 Å². The highest BCUT2D eigenvalue weighted by molar-refractivity contribution is 5.30. The summed E-state index contributed by atoms with van der Waals surface area (Å²) in [5.74, 6) is 0. The molecule has 0 aliphatic heterocycles. The highest BCUT2D eigenvalue weighted by Crippen LogP contribution is 2.24. The molecular weight excluding hydrogens is 260 g/mol. The van der Waals surface area contributed by atoms with Crippen molar-refractivity contribution in [3.63, 3.8) is 0 Å². The van der Waals surface area contributed by atoms with Gasteiger partial charge in [-0.15, -0.1) is 0 Å². The molecule has 21 heavy (non-hydrogen) atoms. The lowest BCUT2D eigenvalue weighted by atomic mass is 9.96. The molecule has 2 nitrogen and oxygen atoms in total. The molecule has 0 saturated heterocycles. The molecule has 2 rings (SSSR count). The Morgan fingerprint density at radius 2 is 1.71 bits per heavy atom. The minimum atomic E-state index is -0.547. The molecule has 0 spiro atoms. The molecule has 0 radical (unpaired) electrons. The molecule has 2 heteroatoms. The van der Waals surface area contributed by atoms with Gasteiger partial charge in [0.15, 0.2) is 0 Å². The van der Waals surface area contributed by atoms with Crippen LogP contribution < -0.4 is 0 Å². The van der Waals surface area contributed by atoms with Gasteiger partial charge in [0.25, 0.3) is 0 Å². The van der Waals surface area contributed by atoms with E-state index in [9.17, 15) is 5.11 Å². The van der Waals surface area contributed by atoms with Crippen LogP contribution in [0, 0.1) is 13.8 Å². The Balaban J connectivity index is 2.15. The molecular formula is C19H24O2. The summed E-state index contributed by atoms with van der Waals surface area (Å²) in [7, 11) is 0. The van der Waals surface area contributed by atoms with Crippen LogP contribution in [0.3, 0.4) is 0 Å². The van der Waals surface area contributed by atoms with Crippen LogP contribution in [0.2, 0.25) is 0 Å². The Morgan fingerprint density at radius 3 is 2.33 bits per heavy atom. The van der Waals surface area contributed by atoms with Crippen molar-refractivity contribution >= 4 is 0 Å². The van der Waals surface area contributed by atoms with Crippen molar-refractivity contribution in [3.8, 4) is 0 Å². The van der Waals surface area contributed by atoms with Gasteiger partial charge in [0, 0.05) is 13.0 Å². The Kier molecular flexibility index (Phi) is 5.54. The summed E-state index contributed by atoms with van der Waals surface area (Å²) in [6.45, 7) is 6.74. The number of aliphatic hydroxyl groups is 1. The standard InChI is InChI=1S/C19H24O2/c1-4-21-19(17-8-6-5-7-9-17)18(20)13-16-11-10-14(2)15(3)12-16/h5-12,18-20H,4,13H2,1-3H3. The molecule has 2 aromatic rings. The first-order valence-corrected chi connectivity index (χ1v) is 7.52. The SMILES string of the molecule is CCOC(c1ccccc1)C(O)Cc1ccc(C)c(C)c1. The first-order valence-electron chi connectivity index (χ1n) is 7.52. The molecule has 1 N–H and O–H groups in total. The van der Waals surface area contributed by atoms with Gasteiger partial charge in [-0.3, -0.25) is 0 Å². The lowest BCUT2D eigenvalue weighted by Gasteiger charge is -2.23. The fraction of sp³-hybridized carbons (Fsp3) is 0.368. The van der Waals surface area contributed by atoms with Gasteiger partial charge < -0.3 is 9.84 Å². The van der Waals surface area contributed by atoms with Crippen molar-refractivity contribution < 1.29 is 9.84 Å². The third-order valence-electron chi connectivity index (χ3n) is 3.84. The number of ether oxygens (including phenoxy) is 1. The monoisotopic (exact) mass is 284 g/mol. The molecule has 0 bridgehead atoms. The topological polar surface area (TPSA) is 29.5 Å². The molecule has 0 aromatic heterocycles. The third kappa shape index (κ3) is 4.16. The molecule has 2 atom stereocenters. The van der Waals surface area contributed by atoms with E-state index in [2.05, 4.69) is 32.0 Å². The lowest BCUT2D eigenvalue weighted by molar-refractivity contribution is -0.0339. The predicted octanol–water partition coefficient (Wildman–Crippen LogP) is 3.98. The Labute approximate surface area is 127 Å². The fourth-order valence-electron chi connectivity index (χ4n) is 2.53. The van der Waals surface area contributed by atoms with Crippen molar-refractivity contribution in [3.05, 3.63) is 70.8 Å². The minimum Gasteiger partial charge on any atom is -0.390 e. The predicted molar refractivity (Wildman–Crippen MR) is 86.4 cm³/mol. The van der Waals surface area contributed by atoms with Crippen LogP contribution in [0.4, 0.5) is 0 Å². The molecule has 0 saturated carbocycles. The van der Waals surface area contributed by atoms with Crippen molar-refractivity contribution in [2.45, 2.75) is 39.4 Å². The van der Waals surface area contributed by atoms with Gasteiger partial charge in [0.1, 0.15) is 6.10 Å². The summed E-state index contributed by atoms with van der Waals surface area (Å²) < 4.78 is 5.77. The van der Waals surface area contributed by atoms with E-state index < -0.39 is 6.10 Å². The molecule has 0 heterocycles. The first kappa shape index (κ1) is 15.7. The van der Waals surface area contributed by atoms with E-state index in [4.69, 9.17) is 4.74 Å². The summed E-state index contributed by atoms with van der Waals surface area (Å²) in [6.07, 6.45) is -0.229. The van der Waals surface area contributed by atoms with Gasteiger partial charge in [-0.05, 0) is 43.0 Å². The van der Waals surface area contributed by atoms with Crippen molar-refractivity contribution in [2.24, 2.45) is 0 Å². The highest BCUT2D eigenvalue weighted by Gasteiger charge is 2.21. The van der Waals surface area contributed by atoms with E-state index in [0.29, 0.717) is 13.0 Å². The average molecular weight is 284 g/mol. The van der Waals surface area contributed by atoms with Gasteiger partial charge in [-0.1, -0.05) is 48.5 Å². The molecule has 2 unspecified atom stereocenters. The van der Waals surface area contributed by atoms with Gasteiger partial charge >= 0.3 is 0 Å². The summed E-state index contributed by atoms with van der Waals surface area (Å²) in [5.41, 5.74) is 4.70. The molecule has 0 fully saturated rings. The third-order valence-corrected chi connectivity index (χ3v) is 3.84.